The number of hydrogen-bond donors (Lipinski definition) is 0. The number of rotatable bonds is 4. The van der Waals surface area contributed by atoms with Crippen LogP contribution in [0.5, 0.6) is 0 Å². The molecule has 7 nitrogen and oxygen atoms in total. The highest BCUT2D eigenvalue weighted by Crippen LogP contribution is 2.36. The van der Waals surface area contributed by atoms with E-state index < -0.39 is 0 Å². The molecule has 1 aromatic carbocycles. The average Bonchev–Trinajstić information content (AvgIpc) is 3.19. The van der Waals surface area contributed by atoms with E-state index in [0.29, 0.717) is 28.9 Å². The van der Waals surface area contributed by atoms with Gasteiger partial charge in [-0.15, -0.1) is 0 Å². The molecular formula is C21H23ClN6O. The van der Waals surface area contributed by atoms with Crippen LogP contribution in [0.4, 0.5) is 11.5 Å². The van der Waals surface area contributed by atoms with E-state index in [1.807, 2.05) is 42.0 Å². The van der Waals surface area contributed by atoms with Crippen molar-refractivity contribution in [3.8, 4) is 17.3 Å². The van der Waals surface area contributed by atoms with Crippen molar-refractivity contribution < 1.29 is 4.79 Å². The minimum atomic E-state index is -0.245. The number of likely N-dealkylation sites (N-methyl/N-ethyl adjacent to an activating group) is 1. The summed E-state index contributed by atoms with van der Waals surface area (Å²) in [5.41, 5.74) is 1.59. The molecule has 0 radical (unpaired) electrons. The second-order valence-corrected chi connectivity index (χ2v) is 7.77. The lowest BCUT2D eigenvalue weighted by atomic mass is 10.1. The van der Waals surface area contributed by atoms with Gasteiger partial charge in [-0.05, 0) is 32.4 Å². The summed E-state index contributed by atoms with van der Waals surface area (Å²) < 4.78 is 1.84. The number of halogens is 1. The molecule has 29 heavy (non-hydrogen) atoms. The number of benzene rings is 1. The van der Waals surface area contributed by atoms with E-state index in [4.69, 9.17) is 16.6 Å². The van der Waals surface area contributed by atoms with Gasteiger partial charge in [-0.2, -0.15) is 4.98 Å². The fourth-order valence-electron chi connectivity index (χ4n) is 3.79. The molecule has 0 fully saturated rings. The van der Waals surface area contributed by atoms with Crippen molar-refractivity contribution in [2.75, 3.05) is 16.8 Å². The molecule has 0 unspecified atom stereocenters. The number of carbonyl (C=O) groups excluding carboxylic acids is 1. The van der Waals surface area contributed by atoms with E-state index in [9.17, 15) is 4.79 Å². The molecule has 2 aromatic heterocycles. The molecule has 0 spiro atoms. The van der Waals surface area contributed by atoms with Gasteiger partial charge >= 0.3 is 0 Å². The van der Waals surface area contributed by atoms with Crippen molar-refractivity contribution in [2.45, 2.75) is 39.3 Å². The van der Waals surface area contributed by atoms with Gasteiger partial charge in [0.15, 0.2) is 5.82 Å². The first-order valence-electron chi connectivity index (χ1n) is 9.65. The fourth-order valence-corrected chi connectivity index (χ4v) is 3.98. The van der Waals surface area contributed by atoms with Gasteiger partial charge in [0.05, 0.1) is 6.20 Å². The molecule has 3 heterocycles. The second-order valence-electron chi connectivity index (χ2n) is 7.33. The maximum atomic E-state index is 12.8. The Balaban J connectivity index is 1.85. The Morgan fingerprint density at radius 2 is 2.03 bits per heavy atom. The molecule has 0 saturated heterocycles. The maximum Gasteiger partial charge on any atom is 0.249 e. The minimum Gasteiger partial charge on any atom is -0.340 e. The molecule has 1 atom stereocenters. The highest BCUT2D eigenvalue weighted by Gasteiger charge is 2.38. The van der Waals surface area contributed by atoms with Crippen LogP contribution in [-0.2, 0) is 4.79 Å². The van der Waals surface area contributed by atoms with Gasteiger partial charge in [0, 0.05) is 36.1 Å². The molecule has 0 bridgehead atoms. The number of nitrogens with zero attached hydrogens (tertiary/aromatic N) is 6. The van der Waals surface area contributed by atoms with Crippen LogP contribution in [0.25, 0.3) is 17.3 Å². The number of hydrogen-bond acceptors (Lipinski definition) is 5. The van der Waals surface area contributed by atoms with Gasteiger partial charge in [0.1, 0.15) is 17.6 Å². The van der Waals surface area contributed by atoms with E-state index in [1.54, 1.807) is 24.3 Å². The minimum absolute atomic E-state index is 0.0623. The van der Waals surface area contributed by atoms with Crippen LogP contribution in [0.1, 0.15) is 27.2 Å². The Kier molecular flexibility index (Phi) is 5.00. The van der Waals surface area contributed by atoms with Crippen molar-refractivity contribution in [1.29, 1.82) is 0 Å². The predicted octanol–water partition coefficient (Wildman–Crippen LogP) is 3.95. The van der Waals surface area contributed by atoms with Gasteiger partial charge < -0.3 is 9.80 Å². The Labute approximate surface area is 175 Å². The molecule has 0 aliphatic carbocycles. The summed E-state index contributed by atoms with van der Waals surface area (Å²) in [6.07, 6.45) is 5.95. The summed E-state index contributed by atoms with van der Waals surface area (Å²) in [5.74, 6) is 2.02. The van der Waals surface area contributed by atoms with E-state index in [1.165, 1.54) is 0 Å². The smallest absolute Gasteiger partial charge is 0.249 e. The quantitative estimate of drug-likeness (QED) is 0.651. The lowest BCUT2D eigenvalue weighted by Crippen LogP contribution is -2.55. The Morgan fingerprint density at radius 3 is 2.72 bits per heavy atom. The summed E-state index contributed by atoms with van der Waals surface area (Å²) >= 11 is 6.16. The molecule has 1 aliphatic rings. The Bertz CT molecular complexity index is 1060. The summed E-state index contributed by atoms with van der Waals surface area (Å²) in [6.45, 7) is 6.16. The van der Waals surface area contributed by atoms with Crippen molar-refractivity contribution in [3.63, 3.8) is 0 Å². The monoisotopic (exact) mass is 410 g/mol. The van der Waals surface area contributed by atoms with Gasteiger partial charge in [-0.1, -0.05) is 30.7 Å². The standard InChI is InChI=1S/C21H23ClN6O/c1-5-16-20(29)26(4)17-12-24-21(25-19(17)28(16)13(2)3)27-10-9-23-18(27)14-7-6-8-15(22)11-14/h6-13,16H,5H2,1-4H3/t16-/m1/s1. The maximum absolute atomic E-state index is 12.8. The molecule has 8 heteroatoms. The molecule has 1 aliphatic heterocycles. The Morgan fingerprint density at radius 1 is 1.24 bits per heavy atom. The van der Waals surface area contributed by atoms with Crippen LogP contribution in [0.3, 0.4) is 0 Å². The lowest BCUT2D eigenvalue weighted by Gasteiger charge is -2.42. The molecule has 0 N–H and O–H groups in total. The average molecular weight is 411 g/mol. The topological polar surface area (TPSA) is 67.2 Å². The van der Waals surface area contributed by atoms with Crippen LogP contribution in [0, 0.1) is 0 Å². The van der Waals surface area contributed by atoms with Crippen LogP contribution >= 0.6 is 11.6 Å². The zero-order chi connectivity index (χ0) is 20.7. The van der Waals surface area contributed by atoms with E-state index in [0.717, 1.165) is 11.4 Å². The first kappa shape index (κ1) is 19.4. The third kappa shape index (κ3) is 3.25. The molecule has 4 rings (SSSR count). The molecule has 3 aromatic rings. The number of anilines is 2. The first-order chi connectivity index (χ1) is 13.9. The zero-order valence-electron chi connectivity index (χ0n) is 16.9. The molecular weight excluding hydrogens is 388 g/mol. The molecule has 150 valence electrons. The highest BCUT2D eigenvalue weighted by atomic mass is 35.5. The molecule has 0 saturated carbocycles. The zero-order valence-corrected chi connectivity index (χ0v) is 17.6. The second kappa shape index (κ2) is 7.48. The van der Waals surface area contributed by atoms with Gasteiger partial charge in [-0.3, -0.25) is 9.36 Å². The summed E-state index contributed by atoms with van der Waals surface area (Å²) in [5, 5.41) is 0.639. The highest BCUT2D eigenvalue weighted by molar-refractivity contribution is 6.30. The largest absolute Gasteiger partial charge is 0.340 e. The third-order valence-electron chi connectivity index (χ3n) is 5.18. The summed E-state index contributed by atoms with van der Waals surface area (Å²) in [7, 11) is 1.78. The van der Waals surface area contributed by atoms with E-state index >= 15 is 0 Å². The van der Waals surface area contributed by atoms with Crippen LogP contribution in [0.2, 0.25) is 5.02 Å². The van der Waals surface area contributed by atoms with Gasteiger partial charge in [0.2, 0.25) is 11.9 Å². The van der Waals surface area contributed by atoms with E-state index in [2.05, 4.69) is 28.7 Å². The fraction of sp³-hybridized carbons (Fsp3) is 0.333. The van der Waals surface area contributed by atoms with E-state index in [-0.39, 0.29) is 18.0 Å². The normalized spacial score (nSPS) is 16.5. The Hall–Kier alpha value is -2.93. The summed E-state index contributed by atoms with van der Waals surface area (Å²) in [6, 6.07) is 7.39. The number of amides is 1. The van der Waals surface area contributed by atoms with Crippen molar-refractivity contribution in [2.24, 2.45) is 0 Å². The van der Waals surface area contributed by atoms with Crippen molar-refractivity contribution in [3.05, 3.63) is 47.9 Å². The van der Waals surface area contributed by atoms with Crippen LogP contribution in [0.15, 0.2) is 42.9 Å². The summed E-state index contributed by atoms with van der Waals surface area (Å²) in [4.78, 5) is 30.4. The number of carbonyl (C=O) groups is 1. The van der Waals surface area contributed by atoms with Crippen LogP contribution < -0.4 is 9.80 Å². The third-order valence-corrected chi connectivity index (χ3v) is 5.41. The molecule has 1 amide bonds. The van der Waals surface area contributed by atoms with Gasteiger partial charge in [0.25, 0.3) is 0 Å². The van der Waals surface area contributed by atoms with Crippen molar-refractivity contribution in [1.82, 2.24) is 19.5 Å². The van der Waals surface area contributed by atoms with Crippen LogP contribution in [-0.4, -0.2) is 44.6 Å². The van der Waals surface area contributed by atoms with Gasteiger partial charge in [-0.25, -0.2) is 9.97 Å². The first-order valence-corrected chi connectivity index (χ1v) is 10.0. The predicted molar refractivity (Wildman–Crippen MR) is 115 cm³/mol. The SMILES string of the molecule is CC[C@@H]1C(=O)N(C)c2cnc(-n3ccnc3-c3cccc(Cl)c3)nc2N1C(C)C. The number of fused-ring (bicyclic) bond motifs is 1. The number of aromatic nitrogens is 4. The van der Waals surface area contributed by atoms with Crippen molar-refractivity contribution >= 4 is 29.0 Å². The number of imidazole rings is 1. The lowest BCUT2D eigenvalue weighted by molar-refractivity contribution is -0.120.